The van der Waals surface area contributed by atoms with Gasteiger partial charge in [0.15, 0.2) is 5.82 Å². The van der Waals surface area contributed by atoms with E-state index in [0.717, 1.165) is 40.7 Å². The highest BCUT2D eigenvalue weighted by atomic mass is 35.5. The molecule has 0 aliphatic heterocycles. The number of fused-ring (bicyclic) bond motifs is 1. The van der Waals surface area contributed by atoms with Crippen molar-refractivity contribution < 1.29 is 10.2 Å². The number of hydrogen-bond donors (Lipinski definition) is 3. The molecule has 7 nitrogen and oxygen atoms in total. The van der Waals surface area contributed by atoms with Gasteiger partial charge in [0.2, 0.25) is 0 Å². The van der Waals surface area contributed by atoms with Crippen molar-refractivity contribution in [3.05, 3.63) is 72.2 Å². The zero-order valence-corrected chi connectivity index (χ0v) is 17.6. The number of nitrogens with two attached hydrogens (primary N) is 1. The normalized spacial score (nSPS) is 18.9. The zero-order valence-electron chi connectivity index (χ0n) is 16.8. The van der Waals surface area contributed by atoms with Crippen molar-refractivity contribution in [1.82, 2.24) is 19.7 Å². The number of hydrogen-bond acceptors (Lipinski definition) is 6. The van der Waals surface area contributed by atoms with Crippen LogP contribution in [0.15, 0.2) is 60.8 Å². The third-order valence-corrected chi connectivity index (χ3v) is 5.81. The molecule has 0 saturated heterocycles. The molecule has 0 radical (unpaired) electrons. The molecule has 1 aliphatic rings. The van der Waals surface area contributed by atoms with Gasteiger partial charge in [-0.15, -0.1) is 12.4 Å². The number of halogens is 1. The minimum absolute atomic E-state index is 0. The molecule has 0 amide bonds. The van der Waals surface area contributed by atoms with Crippen LogP contribution >= 0.6 is 12.4 Å². The predicted octanol–water partition coefficient (Wildman–Crippen LogP) is 3.17. The van der Waals surface area contributed by atoms with E-state index < -0.39 is 0 Å². The number of benzene rings is 1. The van der Waals surface area contributed by atoms with Gasteiger partial charge < -0.3 is 15.9 Å². The summed E-state index contributed by atoms with van der Waals surface area (Å²) in [5.74, 6) is 0.928. The molecule has 1 aromatic carbocycles. The fourth-order valence-electron chi connectivity index (χ4n) is 4.00. The number of aliphatic hydroxyl groups excluding tert-OH is 2. The number of aromatic nitrogens is 4. The summed E-state index contributed by atoms with van der Waals surface area (Å²) in [6.07, 6.45) is 3.04. The van der Waals surface area contributed by atoms with Gasteiger partial charge in [-0.05, 0) is 49.1 Å². The minimum Gasteiger partial charge on any atom is -0.393 e. The Morgan fingerprint density at radius 3 is 2.65 bits per heavy atom. The lowest BCUT2D eigenvalue weighted by Gasteiger charge is -2.35. The van der Waals surface area contributed by atoms with Gasteiger partial charge in [-0.1, -0.05) is 24.3 Å². The molecule has 1 fully saturated rings. The van der Waals surface area contributed by atoms with Crippen LogP contribution in [0.4, 0.5) is 0 Å². The number of pyridine rings is 2. The van der Waals surface area contributed by atoms with Crippen molar-refractivity contribution in [2.24, 2.45) is 11.7 Å². The first kappa shape index (κ1) is 21.4. The quantitative estimate of drug-likeness (QED) is 0.442. The van der Waals surface area contributed by atoms with E-state index in [1.807, 2.05) is 48.5 Å². The summed E-state index contributed by atoms with van der Waals surface area (Å²) in [5.41, 5.74) is 10.5. The third kappa shape index (κ3) is 4.05. The minimum atomic E-state index is -0.232. The Bertz CT molecular complexity index is 1210. The highest BCUT2D eigenvalue weighted by Gasteiger charge is 2.33. The van der Waals surface area contributed by atoms with Crippen LogP contribution in [0.25, 0.3) is 28.0 Å². The van der Waals surface area contributed by atoms with Crippen LogP contribution in [0.2, 0.25) is 0 Å². The van der Waals surface area contributed by atoms with Crippen molar-refractivity contribution >= 4 is 23.3 Å². The van der Waals surface area contributed by atoms with E-state index in [1.165, 1.54) is 0 Å². The van der Waals surface area contributed by atoms with Gasteiger partial charge in [-0.3, -0.25) is 4.98 Å². The van der Waals surface area contributed by atoms with Crippen LogP contribution in [0.5, 0.6) is 0 Å². The molecule has 1 unspecified atom stereocenters. The maximum atomic E-state index is 9.58. The van der Waals surface area contributed by atoms with Crippen LogP contribution in [-0.2, 0) is 6.61 Å². The molecule has 0 bridgehead atoms. The van der Waals surface area contributed by atoms with E-state index in [4.69, 9.17) is 10.7 Å². The summed E-state index contributed by atoms with van der Waals surface area (Å²) in [6.45, 7) is -0.118. The van der Waals surface area contributed by atoms with Crippen molar-refractivity contribution in [2.45, 2.75) is 31.6 Å². The SMILES string of the molecule is Cl.NC(c1cccc(-c2ccc3cnn(-c4cccc(CO)n4)c3c2)n1)C1CC(O)C1. The highest BCUT2D eigenvalue weighted by molar-refractivity contribution is 5.85. The first-order valence-electron chi connectivity index (χ1n) is 10.1. The summed E-state index contributed by atoms with van der Waals surface area (Å²) >= 11 is 0. The van der Waals surface area contributed by atoms with E-state index in [0.29, 0.717) is 11.5 Å². The lowest BCUT2D eigenvalue weighted by Crippen LogP contribution is -2.36. The fourth-order valence-corrected chi connectivity index (χ4v) is 4.00. The Kier molecular flexibility index (Phi) is 6.02. The molecule has 4 N–H and O–H groups in total. The average molecular weight is 438 g/mol. The predicted molar refractivity (Wildman–Crippen MR) is 121 cm³/mol. The standard InChI is InChI=1S/C23H23N5O2.ClH/c24-23(16-9-18(30)10-16)20-5-2-4-19(27-20)14-7-8-15-12-25-28(21(15)11-14)22-6-1-3-17(13-29)26-22;/h1-8,11-12,16,18,23,29-30H,9-10,13,24H2;1H. The van der Waals surface area contributed by atoms with E-state index in [2.05, 4.69) is 10.1 Å². The van der Waals surface area contributed by atoms with Crippen molar-refractivity contribution in [3.8, 4) is 17.1 Å². The molecule has 3 aromatic heterocycles. The van der Waals surface area contributed by atoms with E-state index in [1.54, 1.807) is 16.9 Å². The average Bonchev–Trinajstić information content (AvgIpc) is 3.20. The Morgan fingerprint density at radius 1 is 1.06 bits per heavy atom. The molecule has 160 valence electrons. The second-order valence-corrected chi connectivity index (χ2v) is 7.83. The van der Waals surface area contributed by atoms with E-state index in [9.17, 15) is 10.2 Å². The van der Waals surface area contributed by atoms with Gasteiger partial charge in [0, 0.05) is 10.9 Å². The largest absolute Gasteiger partial charge is 0.393 e. The summed E-state index contributed by atoms with van der Waals surface area (Å²) in [5, 5.41) is 24.4. The number of nitrogens with zero attached hydrogens (tertiary/aromatic N) is 4. The number of rotatable bonds is 5. The first-order valence-corrected chi connectivity index (χ1v) is 10.1. The summed E-state index contributed by atoms with van der Waals surface area (Å²) in [7, 11) is 0. The van der Waals surface area contributed by atoms with Crippen molar-refractivity contribution in [3.63, 3.8) is 0 Å². The first-order chi connectivity index (χ1) is 14.6. The van der Waals surface area contributed by atoms with Crippen LogP contribution in [0, 0.1) is 5.92 Å². The Balaban J connectivity index is 0.00000231. The van der Waals surface area contributed by atoms with E-state index >= 15 is 0 Å². The Labute approximate surface area is 186 Å². The molecule has 1 atom stereocenters. The molecule has 5 rings (SSSR count). The van der Waals surface area contributed by atoms with Crippen LogP contribution < -0.4 is 5.73 Å². The summed E-state index contributed by atoms with van der Waals surface area (Å²) in [6, 6.07) is 17.3. The summed E-state index contributed by atoms with van der Waals surface area (Å²) < 4.78 is 1.77. The highest BCUT2D eigenvalue weighted by Crippen LogP contribution is 2.36. The molecule has 1 saturated carbocycles. The smallest absolute Gasteiger partial charge is 0.154 e. The maximum absolute atomic E-state index is 9.58. The van der Waals surface area contributed by atoms with Gasteiger partial charge in [-0.25, -0.2) is 9.67 Å². The van der Waals surface area contributed by atoms with Crippen LogP contribution in [0.1, 0.15) is 30.3 Å². The maximum Gasteiger partial charge on any atom is 0.154 e. The lowest BCUT2D eigenvalue weighted by molar-refractivity contribution is 0.0302. The zero-order chi connectivity index (χ0) is 20.7. The molecule has 31 heavy (non-hydrogen) atoms. The van der Waals surface area contributed by atoms with Crippen LogP contribution in [0.3, 0.4) is 0 Å². The van der Waals surface area contributed by atoms with Gasteiger partial charge in [0.25, 0.3) is 0 Å². The molecular formula is C23H24ClN5O2. The Morgan fingerprint density at radius 2 is 1.87 bits per heavy atom. The van der Waals surface area contributed by atoms with E-state index in [-0.39, 0.29) is 37.1 Å². The lowest BCUT2D eigenvalue weighted by atomic mass is 9.76. The van der Waals surface area contributed by atoms with Gasteiger partial charge in [-0.2, -0.15) is 5.10 Å². The van der Waals surface area contributed by atoms with Crippen molar-refractivity contribution in [2.75, 3.05) is 0 Å². The second-order valence-electron chi connectivity index (χ2n) is 7.83. The summed E-state index contributed by atoms with van der Waals surface area (Å²) in [4.78, 5) is 9.27. The Hall–Kier alpha value is -2.84. The molecule has 1 aliphatic carbocycles. The third-order valence-electron chi connectivity index (χ3n) is 5.81. The molecule has 3 heterocycles. The van der Waals surface area contributed by atoms with Gasteiger partial charge >= 0.3 is 0 Å². The molecule has 4 aromatic rings. The topological polar surface area (TPSA) is 110 Å². The molecular weight excluding hydrogens is 414 g/mol. The number of aliphatic hydroxyl groups is 2. The monoisotopic (exact) mass is 437 g/mol. The molecule has 0 spiro atoms. The molecule has 8 heteroatoms. The van der Waals surface area contributed by atoms with Crippen molar-refractivity contribution in [1.29, 1.82) is 0 Å². The van der Waals surface area contributed by atoms with Gasteiger partial charge in [0.1, 0.15) is 0 Å². The van der Waals surface area contributed by atoms with Crippen LogP contribution in [-0.4, -0.2) is 36.1 Å². The van der Waals surface area contributed by atoms with Gasteiger partial charge in [0.05, 0.1) is 47.5 Å². The second kappa shape index (κ2) is 8.72. The fraction of sp³-hybridized carbons (Fsp3) is 0.261.